The molecule has 2 aliphatic rings. The van der Waals surface area contributed by atoms with Crippen LogP contribution in [0.5, 0.6) is 0 Å². The molecule has 2 fully saturated rings. The minimum Gasteiger partial charge on any atom is -0.353 e. The lowest BCUT2D eigenvalue weighted by molar-refractivity contribution is -0.126. The number of benzene rings is 1. The van der Waals surface area contributed by atoms with Crippen LogP contribution in [0, 0.1) is 17.2 Å². The van der Waals surface area contributed by atoms with Crippen molar-refractivity contribution in [2.75, 3.05) is 13.1 Å². The van der Waals surface area contributed by atoms with Gasteiger partial charge in [0, 0.05) is 25.0 Å². The first-order valence-electron chi connectivity index (χ1n) is 8.82. The monoisotopic (exact) mass is 361 g/mol. The average molecular weight is 361 g/mol. The molecule has 1 saturated heterocycles. The molecule has 7 heteroatoms. The molecule has 0 unspecified atom stereocenters. The van der Waals surface area contributed by atoms with Gasteiger partial charge < -0.3 is 5.32 Å². The van der Waals surface area contributed by atoms with Crippen LogP contribution in [0.3, 0.4) is 0 Å². The Hall–Kier alpha value is -1.91. The zero-order valence-electron chi connectivity index (χ0n) is 14.1. The molecule has 0 spiro atoms. The third kappa shape index (κ3) is 3.86. The molecule has 6 nitrogen and oxygen atoms in total. The lowest BCUT2D eigenvalue weighted by atomic mass is 9.97. The topological polar surface area (TPSA) is 90.3 Å². The predicted molar refractivity (Wildman–Crippen MR) is 93.0 cm³/mol. The van der Waals surface area contributed by atoms with E-state index in [0.717, 1.165) is 12.8 Å². The third-order valence-corrected chi connectivity index (χ3v) is 7.11. The number of sulfonamides is 1. The van der Waals surface area contributed by atoms with E-state index in [1.54, 1.807) is 12.1 Å². The van der Waals surface area contributed by atoms with Gasteiger partial charge in [-0.05, 0) is 37.8 Å². The van der Waals surface area contributed by atoms with Gasteiger partial charge in [0.2, 0.25) is 15.9 Å². The number of hydrogen-bond donors (Lipinski definition) is 1. The number of carbonyl (C=O) groups excluding carboxylic acids is 1. The number of amides is 1. The summed E-state index contributed by atoms with van der Waals surface area (Å²) in [5.74, 6) is -0.0698. The van der Waals surface area contributed by atoms with Gasteiger partial charge in [0.15, 0.2) is 0 Å². The second-order valence-corrected chi connectivity index (χ2v) is 8.68. The van der Waals surface area contributed by atoms with Crippen LogP contribution in [0.1, 0.15) is 44.1 Å². The van der Waals surface area contributed by atoms with E-state index in [9.17, 15) is 13.2 Å². The number of rotatable bonds is 4. The minimum atomic E-state index is -3.70. The Balaban J connectivity index is 1.63. The Labute approximate surface area is 148 Å². The number of piperidine rings is 1. The van der Waals surface area contributed by atoms with Gasteiger partial charge in [-0.15, -0.1) is 0 Å². The summed E-state index contributed by atoms with van der Waals surface area (Å²) in [4.78, 5) is 12.4. The normalized spacial score (nSPS) is 20.3. The van der Waals surface area contributed by atoms with Gasteiger partial charge in [0.05, 0.1) is 10.5 Å². The molecule has 0 radical (unpaired) electrons. The first-order valence-corrected chi connectivity index (χ1v) is 10.3. The molecule has 134 valence electrons. The first kappa shape index (κ1) is 17.9. The SMILES string of the molecule is N#Cc1ccccc1S(=O)(=O)N1CCC(C(=O)NC2CCCC2)CC1. The summed E-state index contributed by atoms with van der Waals surface area (Å²) in [5, 5.41) is 12.2. The van der Waals surface area contributed by atoms with Crippen LogP contribution >= 0.6 is 0 Å². The van der Waals surface area contributed by atoms with Gasteiger partial charge in [0.25, 0.3) is 0 Å². The van der Waals surface area contributed by atoms with Crippen molar-refractivity contribution < 1.29 is 13.2 Å². The van der Waals surface area contributed by atoms with Gasteiger partial charge >= 0.3 is 0 Å². The highest BCUT2D eigenvalue weighted by Crippen LogP contribution is 2.26. The molecule has 1 saturated carbocycles. The van der Waals surface area contributed by atoms with Crippen LogP contribution in [0.15, 0.2) is 29.2 Å². The molecule has 1 heterocycles. The quantitative estimate of drug-likeness (QED) is 0.888. The Morgan fingerprint density at radius 2 is 1.76 bits per heavy atom. The van der Waals surface area contributed by atoms with Crippen molar-refractivity contribution in [3.05, 3.63) is 29.8 Å². The molecular formula is C18H23N3O3S. The van der Waals surface area contributed by atoms with Crippen molar-refractivity contribution in [2.24, 2.45) is 5.92 Å². The maximum atomic E-state index is 12.8. The summed E-state index contributed by atoms with van der Waals surface area (Å²) < 4.78 is 27.0. The Bertz CT molecular complexity index is 771. The van der Waals surface area contributed by atoms with Crippen molar-refractivity contribution in [3.8, 4) is 6.07 Å². The van der Waals surface area contributed by atoms with E-state index in [4.69, 9.17) is 5.26 Å². The van der Waals surface area contributed by atoms with Crippen molar-refractivity contribution in [1.82, 2.24) is 9.62 Å². The molecule has 25 heavy (non-hydrogen) atoms. The maximum Gasteiger partial charge on any atom is 0.244 e. The highest BCUT2D eigenvalue weighted by molar-refractivity contribution is 7.89. The summed E-state index contributed by atoms with van der Waals surface area (Å²) >= 11 is 0. The first-order chi connectivity index (χ1) is 12.0. The molecule has 1 aromatic carbocycles. The second kappa shape index (κ2) is 7.54. The number of carbonyl (C=O) groups is 1. The van der Waals surface area contributed by atoms with E-state index in [0.29, 0.717) is 25.9 Å². The van der Waals surface area contributed by atoms with E-state index in [1.165, 1.54) is 29.3 Å². The average Bonchev–Trinajstić information content (AvgIpc) is 3.14. The fourth-order valence-corrected chi connectivity index (χ4v) is 5.28. The molecule has 1 N–H and O–H groups in total. The van der Waals surface area contributed by atoms with Crippen LogP contribution in [-0.4, -0.2) is 37.8 Å². The Morgan fingerprint density at radius 1 is 1.12 bits per heavy atom. The van der Waals surface area contributed by atoms with E-state index in [2.05, 4.69) is 5.32 Å². The van der Waals surface area contributed by atoms with Crippen molar-refractivity contribution >= 4 is 15.9 Å². The van der Waals surface area contributed by atoms with Crippen LogP contribution in [-0.2, 0) is 14.8 Å². The van der Waals surface area contributed by atoms with Gasteiger partial charge in [-0.25, -0.2) is 8.42 Å². The van der Waals surface area contributed by atoms with Crippen LogP contribution < -0.4 is 5.32 Å². The van der Waals surface area contributed by atoms with Crippen molar-refractivity contribution in [3.63, 3.8) is 0 Å². The van der Waals surface area contributed by atoms with Crippen molar-refractivity contribution in [1.29, 1.82) is 5.26 Å². The number of hydrogen-bond acceptors (Lipinski definition) is 4. The lowest BCUT2D eigenvalue weighted by Gasteiger charge is -2.31. The molecule has 0 aromatic heterocycles. The van der Waals surface area contributed by atoms with Gasteiger partial charge in [-0.3, -0.25) is 4.79 Å². The molecule has 1 amide bonds. The molecule has 1 aromatic rings. The van der Waals surface area contributed by atoms with E-state index in [-0.39, 0.29) is 28.3 Å². The smallest absolute Gasteiger partial charge is 0.244 e. The van der Waals surface area contributed by atoms with E-state index < -0.39 is 10.0 Å². The maximum absolute atomic E-state index is 12.8. The molecule has 1 aliphatic heterocycles. The molecular weight excluding hydrogens is 338 g/mol. The van der Waals surface area contributed by atoms with E-state index in [1.807, 2.05) is 6.07 Å². The lowest BCUT2D eigenvalue weighted by Crippen LogP contribution is -2.44. The summed E-state index contributed by atoms with van der Waals surface area (Å²) in [6.45, 7) is 0.621. The summed E-state index contributed by atoms with van der Waals surface area (Å²) in [7, 11) is -3.70. The highest BCUT2D eigenvalue weighted by atomic mass is 32.2. The number of nitrogens with zero attached hydrogens (tertiary/aromatic N) is 2. The van der Waals surface area contributed by atoms with Crippen LogP contribution in [0.25, 0.3) is 0 Å². The fraction of sp³-hybridized carbons (Fsp3) is 0.556. The van der Waals surface area contributed by atoms with Gasteiger partial charge in [-0.2, -0.15) is 9.57 Å². The highest BCUT2D eigenvalue weighted by Gasteiger charge is 2.33. The summed E-state index contributed by atoms with van der Waals surface area (Å²) in [6.07, 6.45) is 5.46. The molecule has 0 atom stereocenters. The number of nitrogens with one attached hydrogen (secondary N) is 1. The van der Waals surface area contributed by atoms with Gasteiger partial charge in [0.1, 0.15) is 6.07 Å². The van der Waals surface area contributed by atoms with Crippen LogP contribution in [0.2, 0.25) is 0 Å². The minimum absolute atomic E-state index is 0.0476. The van der Waals surface area contributed by atoms with Crippen LogP contribution in [0.4, 0.5) is 0 Å². The van der Waals surface area contributed by atoms with E-state index >= 15 is 0 Å². The molecule has 1 aliphatic carbocycles. The summed E-state index contributed by atoms with van der Waals surface area (Å²) in [5.41, 5.74) is 0.156. The standard InChI is InChI=1S/C18H23N3O3S/c19-13-15-5-1-4-8-17(15)25(23,24)21-11-9-14(10-12-21)18(22)20-16-6-2-3-7-16/h1,4-5,8,14,16H,2-3,6-7,9-12H2,(H,20,22). The second-order valence-electron chi connectivity index (χ2n) is 6.78. The number of nitriles is 1. The zero-order chi connectivity index (χ0) is 17.9. The molecule has 0 bridgehead atoms. The largest absolute Gasteiger partial charge is 0.353 e. The summed E-state index contributed by atoms with van der Waals surface area (Å²) in [6, 6.07) is 8.47. The third-order valence-electron chi connectivity index (χ3n) is 5.15. The Kier molecular flexibility index (Phi) is 5.40. The molecule has 3 rings (SSSR count). The Morgan fingerprint density at radius 3 is 2.40 bits per heavy atom. The fourth-order valence-electron chi connectivity index (χ4n) is 3.67. The predicted octanol–water partition coefficient (Wildman–Crippen LogP) is 2.02. The van der Waals surface area contributed by atoms with Crippen molar-refractivity contribution in [2.45, 2.75) is 49.5 Å². The zero-order valence-corrected chi connectivity index (χ0v) is 15.0. The van der Waals surface area contributed by atoms with Gasteiger partial charge in [-0.1, -0.05) is 25.0 Å².